The molecule has 3 amide bonds. The van der Waals surface area contributed by atoms with Crippen molar-refractivity contribution in [1.82, 2.24) is 0 Å². The lowest BCUT2D eigenvalue weighted by Crippen LogP contribution is -2.21. The van der Waals surface area contributed by atoms with Crippen LogP contribution in [0.5, 0.6) is 17.2 Å². The van der Waals surface area contributed by atoms with E-state index in [-0.39, 0.29) is 33.9 Å². The van der Waals surface area contributed by atoms with Crippen LogP contribution in [0.15, 0.2) is 103 Å². The van der Waals surface area contributed by atoms with Crippen LogP contribution in [0.1, 0.15) is 31.1 Å². The summed E-state index contributed by atoms with van der Waals surface area (Å²) in [5.41, 5.74) is -1.92. The third kappa shape index (κ3) is 6.85. The summed E-state index contributed by atoms with van der Waals surface area (Å²) in [6.07, 6.45) is 0. The number of carbonyl (C=O) groups is 3. The van der Waals surface area contributed by atoms with E-state index in [0.717, 1.165) is 0 Å². The molecule has 0 N–H and O–H groups in total. The minimum Gasteiger partial charge on any atom is -0.496 e. The first-order valence-electron chi connectivity index (χ1n) is 10.9. The molecule has 38 heavy (non-hydrogen) atoms. The molecule has 3 aromatic carbocycles. The molecule has 191 valence electrons. The van der Waals surface area contributed by atoms with Gasteiger partial charge in [-0.25, -0.2) is 0 Å². The minimum atomic E-state index is -2.24. The zero-order valence-electron chi connectivity index (χ0n) is 20.6. The number of para-hydroxylation sites is 3. The van der Waals surface area contributed by atoms with E-state index in [1.807, 2.05) is 0 Å². The molecule has 0 aliphatic rings. The first-order valence-corrected chi connectivity index (χ1v) is 11.4. The Hall–Kier alpha value is -4.91. The standard InChI is InChI=1S/C25H21N6O6Si/c1-35-19-13-7-4-10-16(19)22(32)26-29-25(38,30-27-23(33)17-11-5-8-14-20(17)36-2)31-28-24(34)18-12-6-9-15-21(18)37-3/h4-15H,1-3H3. The maximum Gasteiger partial charge on any atom is 0.298 e. The van der Waals surface area contributed by atoms with Gasteiger partial charge in [-0.3, -0.25) is 14.4 Å². The number of nitrogens with zero attached hydrogens (tertiary/aromatic N) is 6. The van der Waals surface area contributed by atoms with Crippen LogP contribution in [0.2, 0.25) is 0 Å². The number of amides is 3. The summed E-state index contributed by atoms with van der Waals surface area (Å²) in [6, 6.07) is 19.0. The summed E-state index contributed by atoms with van der Waals surface area (Å²) in [5.74, 6) is -1.63. The number of ether oxygens (including phenoxy) is 3. The molecule has 0 aliphatic carbocycles. The van der Waals surface area contributed by atoms with Crippen LogP contribution < -0.4 is 14.2 Å². The highest BCUT2D eigenvalue weighted by Gasteiger charge is 2.26. The number of azo groups is 3. The number of methoxy groups -OCH3 is 3. The average molecular weight is 530 g/mol. The predicted molar refractivity (Wildman–Crippen MR) is 135 cm³/mol. The van der Waals surface area contributed by atoms with Crippen molar-refractivity contribution >= 4 is 28.0 Å². The van der Waals surface area contributed by atoms with Gasteiger partial charge in [-0.2, -0.15) is 0 Å². The van der Waals surface area contributed by atoms with Gasteiger partial charge in [0, 0.05) is 0 Å². The van der Waals surface area contributed by atoms with Gasteiger partial charge in [0.05, 0.1) is 38.0 Å². The molecule has 0 atom stereocenters. The molecular weight excluding hydrogens is 508 g/mol. The summed E-state index contributed by atoms with van der Waals surface area (Å²) < 4.78 is 15.5. The van der Waals surface area contributed by atoms with Gasteiger partial charge < -0.3 is 14.2 Å². The van der Waals surface area contributed by atoms with Crippen LogP contribution >= 0.6 is 0 Å². The Morgan fingerprint density at radius 3 is 1.08 bits per heavy atom. The van der Waals surface area contributed by atoms with Crippen molar-refractivity contribution in [2.75, 3.05) is 21.3 Å². The zero-order valence-corrected chi connectivity index (χ0v) is 21.6. The Morgan fingerprint density at radius 2 is 0.816 bits per heavy atom. The lowest BCUT2D eigenvalue weighted by Gasteiger charge is -2.11. The first kappa shape index (κ1) is 27.7. The molecule has 12 nitrogen and oxygen atoms in total. The molecule has 0 bridgehead atoms. The molecule has 0 saturated carbocycles. The Labute approximate surface area is 220 Å². The van der Waals surface area contributed by atoms with Crippen LogP contribution in [0.3, 0.4) is 0 Å². The number of benzene rings is 3. The Kier molecular flexibility index (Phi) is 9.37. The Bertz CT molecular complexity index is 1260. The fourth-order valence-corrected chi connectivity index (χ4v) is 3.18. The highest BCUT2D eigenvalue weighted by Crippen LogP contribution is 2.23. The van der Waals surface area contributed by atoms with E-state index < -0.39 is 23.1 Å². The summed E-state index contributed by atoms with van der Waals surface area (Å²) in [6.45, 7) is 0. The molecule has 3 aromatic rings. The highest BCUT2D eigenvalue weighted by atomic mass is 28.1. The lowest BCUT2D eigenvalue weighted by atomic mass is 10.2. The molecule has 0 saturated heterocycles. The molecule has 0 aliphatic heterocycles. The van der Waals surface area contributed by atoms with Crippen molar-refractivity contribution in [1.29, 1.82) is 0 Å². The fourth-order valence-electron chi connectivity index (χ4n) is 3.03. The van der Waals surface area contributed by atoms with Crippen molar-refractivity contribution < 1.29 is 28.6 Å². The van der Waals surface area contributed by atoms with Gasteiger partial charge >= 0.3 is 0 Å². The Balaban J connectivity index is 1.97. The molecule has 0 aromatic heterocycles. The van der Waals surface area contributed by atoms with Crippen LogP contribution in [-0.4, -0.2) is 54.7 Å². The SMILES string of the molecule is COc1ccccc1C(=O)N=NC([Si])(N=NC(=O)c1ccccc1OC)N=NC(=O)c1ccccc1OC. The topological polar surface area (TPSA) is 153 Å². The number of hydrogen-bond donors (Lipinski definition) is 0. The smallest absolute Gasteiger partial charge is 0.298 e. The zero-order chi connectivity index (χ0) is 27.5. The van der Waals surface area contributed by atoms with Crippen molar-refractivity contribution in [3.05, 3.63) is 89.5 Å². The van der Waals surface area contributed by atoms with Crippen LogP contribution in [-0.2, 0) is 0 Å². The van der Waals surface area contributed by atoms with Crippen molar-refractivity contribution in [2.24, 2.45) is 30.7 Å². The predicted octanol–water partition coefficient (Wildman–Crippen LogP) is 4.67. The summed E-state index contributed by atoms with van der Waals surface area (Å²) in [5, 5.41) is 22.2. The lowest BCUT2D eigenvalue weighted by molar-refractivity contribution is 0.0985. The Morgan fingerprint density at radius 1 is 0.553 bits per heavy atom. The van der Waals surface area contributed by atoms with Gasteiger partial charge in [0.25, 0.3) is 23.1 Å². The van der Waals surface area contributed by atoms with E-state index in [0.29, 0.717) is 0 Å². The van der Waals surface area contributed by atoms with Gasteiger partial charge in [-0.15, -0.1) is 30.7 Å². The quantitative estimate of drug-likeness (QED) is 0.290. The summed E-state index contributed by atoms with van der Waals surface area (Å²) >= 11 is 0. The van der Waals surface area contributed by atoms with Crippen molar-refractivity contribution in [2.45, 2.75) is 5.41 Å². The van der Waals surface area contributed by atoms with Crippen LogP contribution in [0, 0.1) is 0 Å². The molecule has 0 unspecified atom stereocenters. The van der Waals surface area contributed by atoms with Crippen molar-refractivity contribution in [3.63, 3.8) is 0 Å². The second-order valence-corrected chi connectivity index (χ2v) is 7.92. The molecule has 13 heteroatoms. The maximum absolute atomic E-state index is 12.7. The van der Waals surface area contributed by atoms with Gasteiger partial charge in [0.2, 0.25) is 0 Å². The van der Waals surface area contributed by atoms with E-state index in [1.165, 1.54) is 39.5 Å². The first-order chi connectivity index (χ1) is 18.3. The summed E-state index contributed by atoms with van der Waals surface area (Å²) in [7, 11) is 7.32. The molecule has 0 spiro atoms. The van der Waals surface area contributed by atoms with E-state index >= 15 is 0 Å². The average Bonchev–Trinajstić information content (AvgIpc) is 2.97. The van der Waals surface area contributed by atoms with Crippen LogP contribution in [0.25, 0.3) is 0 Å². The molecule has 0 heterocycles. The van der Waals surface area contributed by atoms with Gasteiger partial charge in [-0.05, 0) is 36.4 Å². The van der Waals surface area contributed by atoms with Gasteiger partial charge in [-0.1, -0.05) is 36.4 Å². The van der Waals surface area contributed by atoms with Crippen LogP contribution in [0.4, 0.5) is 0 Å². The third-order valence-electron chi connectivity index (χ3n) is 4.85. The second-order valence-electron chi connectivity index (χ2n) is 7.25. The van der Waals surface area contributed by atoms with Crippen molar-refractivity contribution in [3.8, 4) is 17.2 Å². The summed E-state index contributed by atoms with van der Waals surface area (Å²) in [4.78, 5) is 38.1. The monoisotopic (exact) mass is 529 g/mol. The number of hydrogen-bond acceptors (Lipinski definition) is 9. The van der Waals surface area contributed by atoms with E-state index in [2.05, 4.69) is 40.9 Å². The maximum atomic E-state index is 12.7. The largest absolute Gasteiger partial charge is 0.496 e. The third-order valence-corrected chi connectivity index (χ3v) is 5.15. The van der Waals surface area contributed by atoms with E-state index in [1.54, 1.807) is 54.6 Å². The molecular formula is C25H21N6O6Si. The number of carbonyl (C=O) groups excluding carboxylic acids is 3. The van der Waals surface area contributed by atoms with Gasteiger partial charge in [0.15, 0.2) is 0 Å². The van der Waals surface area contributed by atoms with E-state index in [9.17, 15) is 14.4 Å². The molecule has 0 fully saturated rings. The number of rotatable bonds is 9. The normalized spacial score (nSPS) is 12.9. The highest BCUT2D eigenvalue weighted by molar-refractivity contribution is 6.15. The second kappa shape index (κ2) is 12.9. The van der Waals surface area contributed by atoms with Gasteiger partial charge in [0.1, 0.15) is 27.5 Å². The molecule has 3 radical (unpaired) electrons. The minimum absolute atomic E-state index is 0.108. The molecule has 3 rings (SSSR count). The fraction of sp³-hybridized carbons (Fsp3) is 0.160. The van der Waals surface area contributed by atoms with E-state index in [4.69, 9.17) is 14.2 Å².